The molecule has 4 heterocycles. The second kappa shape index (κ2) is 10.8. The van der Waals surface area contributed by atoms with E-state index < -0.39 is 10.0 Å². The van der Waals surface area contributed by atoms with Crippen LogP contribution in [0.25, 0.3) is 33.5 Å². The highest BCUT2D eigenvalue weighted by Gasteiger charge is 2.32. The van der Waals surface area contributed by atoms with Gasteiger partial charge in [-0.05, 0) is 43.5 Å². The predicted molar refractivity (Wildman–Crippen MR) is 165 cm³/mol. The maximum absolute atomic E-state index is 13.5. The van der Waals surface area contributed by atoms with Gasteiger partial charge in [0, 0.05) is 56.3 Å². The van der Waals surface area contributed by atoms with Crippen LogP contribution in [0.15, 0.2) is 59.1 Å². The molecular formula is C31H32N6O5S. The number of aromatic amines is 1. The molecule has 0 saturated carbocycles. The summed E-state index contributed by atoms with van der Waals surface area (Å²) in [6.07, 6.45) is 4.19. The molecule has 1 atom stereocenters. The maximum atomic E-state index is 13.5. The van der Waals surface area contributed by atoms with E-state index in [0.29, 0.717) is 64.2 Å². The molecule has 0 radical (unpaired) electrons. The lowest BCUT2D eigenvalue weighted by molar-refractivity contribution is 0.0696. The van der Waals surface area contributed by atoms with Gasteiger partial charge >= 0.3 is 0 Å². The molecule has 2 aromatic carbocycles. The first-order valence-corrected chi connectivity index (χ1v) is 15.8. The van der Waals surface area contributed by atoms with Gasteiger partial charge in [0.2, 0.25) is 10.0 Å². The van der Waals surface area contributed by atoms with Gasteiger partial charge < -0.3 is 19.6 Å². The maximum Gasteiger partial charge on any atom is 0.289 e. The average Bonchev–Trinajstić information content (AvgIpc) is 3.61. The van der Waals surface area contributed by atoms with Crippen molar-refractivity contribution in [3.8, 4) is 11.3 Å². The lowest BCUT2D eigenvalue weighted by atomic mass is 9.88. The number of rotatable bonds is 6. The number of furan rings is 1. The molecule has 2 amide bonds. The lowest BCUT2D eigenvalue weighted by Gasteiger charge is -2.34. The van der Waals surface area contributed by atoms with Crippen LogP contribution in [0, 0.1) is 6.92 Å². The predicted octanol–water partition coefficient (Wildman–Crippen LogP) is 4.45. The third kappa shape index (κ3) is 5.22. The Labute approximate surface area is 249 Å². The zero-order valence-corrected chi connectivity index (χ0v) is 25.2. The van der Waals surface area contributed by atoms with Gasteiger partial charge in [-0.15, -0.1) is 0 Å². The van der Waals surface area contributed by atoms with Crippen molar-refractivity contribution in [3.63, 3.8) is 0 Å². The van der Waals surface area contributed by atoms with Crippen molar-refractivity contribution in [1.82, 2.24) is 25.2 Å². The number of carbonyl (C=O) groups excluding carboxylic acids is 2. The van der Waals surface area contributed by atoms with E-state index >= 15 is 0 Å². The molecule has 1 aliphatic rings. The zero-order valence-electron chi connectivity index (χ0n) is 24.3. The Balaban J connectivity index is 1.46. The number of benzene rings is 2. The number of nitrogens with zero attached hydrogens (tertiary/aromatic N) is 4. The second-order valence-corrected chi connectivity index (χ2v) is 13.0. The average molecular weight is 601 g/mol. The summed E-state index contributed by atoms with van der Waals surface area (Å²) in [4.78, 5) is 40.2. The molecule has 5 aromatic rings. The van der Waals surface area contributed by atoms with Crippen LogP contribution in [0.1, 0.15) is 50.9 Å². The molecule has 0 unspecified atom stereocenters. The van der Waals surface area contributed by atoms with Crippen molar-refractivity contribution < 1.29 is 22.4 Å². The summed E-state index contributed by atoms with van der Waals surface area (Å²) < 4.78 is 33.0. The first-order valence-electron chi connectivity index (χ1n) is 14.0. The highest BCUT2D eigenvalue weighted by Crippen LogP contribution is 2.42. The number of anilines is 1. The second-order valence-electron chi connectivity index (χ2n) is 10.9. The number of amides is 2. The fourth-order valence-electron chi connectivity index (χ4n) is 5.70. The van der Waals surface area contributed by atoms with Gasteiger partial charge in [0.15, 0.2) is 11.5 Å². The van der Waals surface area contributed by atoms with Crippen LogP contribution in [0.2, 0.25) is 0 Å². The summed E-state index contributed by atoms with van der Waals surface area (Å²) in [5.74, 6) is -0.170. The topological polar surface area (TPSA) is 142 Å². The van der Waals surface area contributed by atoms with Gasteiger partial charge in [0.1, 0.15) is 11.3 Å². The quantitative estimate of drug-likeness (QED) is 0.293. The Morgan fingerprint density at radius 1 is 1.16 bits per heavy atom. The molecule has 222 valence electrons. The van der Waals surface area contributed by atoms with Crippen molar-refractivity contribution >= 4 is 49.7 Å². The van der Waals surface area contributed by atoms with Gasteiger partial charge in [-0.3, -0.25) is 13.9 Å². The van der Waals surface area contributed by atoms with E-state index in [1.165, 1.54) is 11.4 Å². The van der Waals surface area contributed by atoms with Crippen molar-refractivity contribution in [3.05, 3.63) is 77.2 Å². The monoisotopic (exact) mass is 600 g/mol. The zero-order chi connectivity index (χ0) is 30.5. The van der Waals surface area contributed by atoms with Crippen molar-refractivity contribution in [2.24, 2.45) is 0 Å². The van der Waals surface area contributed by atoms with Crippen LogP contribution in [-0.2, 0) is 10.0 Å². The summed E-state index contributed by atoms with van der Waals surface area (Å²) in [5, 5.41) is 3.29. The molecule has 0 aliphatic carbocycles. The Morgan fingerprint density at radius 2 is 1.93 bits per heavy atom. The van der Waals surface area contributed by atoms with E-state index in [2.05, 4.69) is 20.3 Å². The molecule has 1 aliphatic heterocycles. The number of nitrogens with one attached hydrogen (secondary N) is 2. The van der Waals surface area contributed by atoms with Crippen LogP contribution in [0.4, 0.5) is 5.69 Å². The number of aromatic nitrogens is 3. The number of likely N-dealkylation sites (tertiary alicyclic amines) is 1. The Morgan fingerprint density at radius 3 is 2.63 bits per heavy atom. The standard InChI is InChI=1S/C31H32N6O5S/c1-18-9-11-19(12-10-18)27-26(30(38)32-2)22-15-21(24(16-25(22)42-27)36(3)43(4,40)41)20-7-6-14-37(17-20)31(39)29-34-23-8-5-13-33-28(23)35-29/h5,8-13,15-16,20H,6-7,14,17H2,1-4H3,(H,32,38)(H,33,34,35)/t20-/m1/s1. The number of piperidine rings is 1. The van der Waals surface area contributed by atoms with Crippen molar-refractivity contribution in [2.75, 3.05) is 37.7 Å². The molecule has 12 heteroatoms. The summed E-state index contributed by atoms with van der Waals surface area (Å²) in [5.41, 5.74) is 4.85. The Kier molecular flexibility index (Phi) is 7.17. The highest BCUT2D eigenvalue weighted by atomic mass is 32.2. The minimum atomic E-state index is -3.64. The summed E-state index contributed by atoms with van der Waals surface area (Å²) >= 11 is 0. The fourth-order valence-corrected chi connectivity index (χ4v) is 6.21. The van der Waals surface area contributed by atoms with E-state index in [4.69, 9.17) is 4.42 Å². The third-order valence-corrected chi connectivity index (χ3v) is 9.24. The molecule has 11 nitrogen and oxygen atoms in total. The molecule has 43 heavy (non-hydrogen) atoms. The number of imidazole rings is 1. The van der Waals surface area contributed by atoms with Gasteiger partial charge in [0.05, 0.1) is 23.0 Å². The summed E-state index contributed by atoms with van der Waals surface area (Å²) in [6, 6.07) is 14.8. The van der Waals surface area contributed by atoms with E-state index in [9.17, 15) is 18.0 Å². The largest absolute Gasteiger partial charge is 0.455 e. The van der Waals surface area contributed by atoms with E-state index in [-0.39, 0.29) is 23.6 Å². The van der Waals surface area contributed by atoms with Crippen LogP contribution in [0.5, 0.6) is 0 Å². The lowest BCUT2D eigenvalue weighted by Crippen LogP contribution is -2.40. The molecule has 0 bridgehead atoms. The van der Waals surface area contributed by atoms with Crippen molar-refractivity contribution in [2.45, 2.75) is 25.7 Å². The number of sulfonamides is 1. The number of carbonyl (C=O) groups is 2. The third-order valence-electron chi connectivity index (χ3n) is 8.05. The molecular weight excluding hydrogens is 568 g/mol. The Bertz CT molecular complexity index is 1950. The SMILES string of the molecule is CNC(=O)c1c(-c2ccc(C)cc2)oc2cc(N(C)S(C)(=O)=O)c([C@@H]3CCCN(C(=O)c4nc5ncccc5[nH]4)C3)cc12. The smallest absolute Gasteiger partial charge is 0.289 e. The minimum absolute atomic E-state index is 0.206. The fraction of sp³-hybridized carbons (Fsp3) is 0.290. The van der Waals surface area contributed by atoms with Crippen LogP contribution in [0.3, 0.4) is 0 Å². The van der Waals surface area contributed by atoms with Gasteiger partial charge in [-0.2, -0.15) is 0 Å². The van der Waals surface area contributed by atoms with Gasteiger partial charge in [-0.25, -0.2) is 18.4 Å². The molecule has 6 rings (SSSR count). The minimum Gasteiger partial charge on any atom is -0.455 e. The Hall–Kier alpha value is -4.71. The summed E-state index contributed by atoms with van der Waals surface area (Å²) in [7, 11) is -0.588. The number of fused-ring (bicyclic) bond motifs is 2. The molecule has 0 spiro atoms. The van der Waals surface area contributed by atoms with E-state index in [1.807, 2.05) is 43.3 Å². The van der Waals surface area contributed by atoms with Gasteiger partial charge in [0.25, 0.3) is 11.8 Å². The van der Waals surface area contributed by atoms with Crippen LogP contribution < -0.4 is 9.62 Å². The number of pyridine rings is 1. The molecule has 2 N–H and O–H groups in total. The van der Waals surface area contributed by atoms with Crippen molar-refractivity contribution in [1.29, 1.82) is 0 Å². The molecule has 3 aromatic heterocycles. The molecule has 1 fully saturated rings. The number of H-pyrrole nitrogens is 1. The van der Waals surface area contributed by atoms with E-state index in [0.717, 1.165) is 23.8 Å². The number of hydrogen-bond acceptors (Lipinski definition) is 7. The normalized spacial score (nSPS) is 15.6. The van der Waals surface area contributed by atoms with Gasteiger partial charge in [-0.1, -0.05) is 29.8 Å². The first-order chi connectivity index (χ1) is 20.5. The first kappa shape index (κ1) is 28.4. The van der Waals surface area contributed by atoms with E-state index in [1.54, 1.807) is 30.3 Å². The number of aryl methyl sites for hydroxylation is 1. The van der Waals surface area contributed by atoms with Crippen LogP contribution in [-0.4, -0.2) is 73.5 Å². The summed E-state index contributed by atoms with van der Waals surface area (Å²) in [6.45, 7) is 2.86. The number of hydrogen-bond donors (Lipinski definition) is 2. The van der Waals surface area contributed by atoms with Crippen LogP contribution >= 0.6 is 0 Å². The highest BCUT2D eigenvalue weighted by molar-refractivity contribution is 7.92. The molecule has 1 saturated heterocycles.